The van der Waals surface area contributed by atoms with Crippen LogP contribution in [0.15, 0.2) is 18.2 Å². The molecule has 21 heavy (non-hydrogen) atoms. The van der Waals surface area contributed by atoms with Gasteiger partial charge in [0.15, 0.2) is 0 Å². The monoisotopic (exact) mass is 314 g/mol. The summed E-state index contributed by atoms with van der Waals surface area (Å²) in [4.78, 5) is 14.1. The van der Waals surface area contributed by atoms with Crippen molar-refractivity contribution in [1.82, 2.24) is 10.2 Å². The summed E-state index contributed by atoms with van der Waals surface area (Å²) in [5.41, 5.74) is 0.777. The van der Waals surface area contributed by atoms with Crippen LogP contribution in [0.5, 0.6) is 0 Å². The molecule has 2 rings (SSSR count). The Bertz CT molecular complexity index is 506. The van der Waals surface area contributed by atoms with Gasteiger partial charge in [-0.1, -0.05) is 17.7 Å². The zero-order valence-corrected chi connectivity index (χ0v) is 13.0. The number of halogens is 2. The molecule has 1 fully saturated rings. The second kappa shape index (κ2) is 7.20. The largest absolute Gasteiger partial charge is 0.378 e. The summed E-state index contributed by atoms with van der Waals surface area (Å²) < 4.78 is 18.3. The van der Waals surface area contributed by atoms with Crippen LogP contribution in [0.25, 0.3) is 0 Å². The van der Waals surface area contributed by atoms with Crippen molar-refractivity contribution in [3.05, 3.63) is 34.6 Å². The minimum Gasteiger partial charge on any atom is -0.378 e. The highest BCUT2D eigenvalue weighted by Gasteiger charge is 2.24. The molecule has 1 aliphatic heterocycles. The molecule has 4 nitrogen and oxygen atoms in total. The van der Waals surface area contributed by atoms with Crippen LogP contribution in [0.3, 0.4) is 0 Å². The zero-order valence-electron chi connectivity index (χ0n) is 12.2. The van der Waals surface area contributed by atoms with E-state index in [9.17, 15) is 9.18 Å². The lowest BCUT2D eigenvalue weighted by Crippen LogP contribution is -2.49. The third kappa shape index (κ3) is 4.15. The Morgan fingerprint density at radius 3 is 2.67 bits per heavy atom. The van der Waals surface area contributed by atoms with Crippen molar-refractivity contribution >= 4 is 17.5 Å². The normalized spacial score (nSPS) is 18.4. The van der Waals surface area contributed by atoms with E-state index < -0.39 is 0 Å². The highest BCUT2D eigenvalue weighted by Crippen LogP contribution is 2.24. The fourth-order valence-electron chi connectivity index (χ4n) is 2.45. The smallest absolute Gasteiger partial charge is 0.239 e. The first kappa shape index (κ1) is 16.2. The van der Waals surface area contributed by atoms with Crippen LogP contribution in [-0.4, -0.2) is 43.2 Å². The number of morpholine rings is 1. The van der Waals surface area contributed by atoms with E-state index in [0.717, 1.165) is 5.56 Å². The van der Waals surface area contributed by atoms with E-state index in [-0.39, 0.29) is 23.8 Å². The number of rotatable bonds is 4. The van der Waals surface area contributed by atoms with Gasteiger partial charge in [0.1, 0.15) is 5.82 Å². The lowest BCUT2D eigenvalue weighted by Gasteiger charge is -2.30. The number of carbonyl (C=O) groups excluding carboxylic acids is 1. The van der Waals surface area contributed by atoms with Crippen LogP contribution in [0, 0.1) is 5.82 Å². The van der Waals surface area contributed by atoms with Gasteiger partial charge < -0.3 is 9.64 Å². The second-order valence-electron chi connectivity index (χ2n) is 5.21. The van der Waals surface area contributed by atoms with E-state index in [1.54, 1.807) is 11.0 Å². The maximum absolute atomic E-state index is 13.1. The Labute approximate surface area is 129 Å². The molecule has 1 amide bonds. The Morgan fingerprint density at radius 2 is 2.05 bits per heavy atom. The molecule has 1 N–H and O–H groups in total. The van der Waals surface area contributed by atoms with Gasteiger partial charge in [-0.2, -0.15) is 0 Å². The minimum absolute atomic E-state index is 0.0448. The summed E-state index contributed by atoms with van der Waals surface area (Å²) in [5, 5.41) is 3.58. The van der Waals surface area contributed by atoms with Gasteiger partial charge >= 0.3 is 0 Å². The van der Waals surface area contributed by atoms with Crippen molar-refractivity contribution in [2.45, 2.75) is 25.9 Å². The fraction of sp³-hybridized carbons (Fsp3) is 0.533. The molecule has 1 aromatic rings. The molecule has 0 spiro atoms. The zero-order chi connectivity index (χ0) is 15.4. The molecular weight excluding hydrogens is 295 g/mol. The maximum Gasteiger partial charge on any atom is 0.239 e. The first-order valence-corrected chi connectivity index (χ1v) is 7.44. The Hall–Kier alpha value is -1.17. The number of benzene rings is 1. The molecule has 2 atom stereocenters. The van der Waals surface area contributed by atoms with Gasteiger partial charge in [-0.05, 0) is 31.5 Å². The Morgan fingerprint density at radius 1 is 1.38 bits per heavy atom. The first-order chi connectivity index (χ1) is 9.99. The fourth-order valence-corrected chi connectivity index (χ4v) is 2.78. The van der Waals surface area contributed by atoms with Crippen LogP contribution in [0.1, 0.15) is 25.5 Å². The van der Waals surface area contributed by atoms with E-state index in [4.69, 9.17) is 16.3 Å². The summed E-state index contributed by atoms with van der Waals surface area (Å²) in [7, 11) is 0. The van der Waals surface area contributed by atoms with E-state index in [1.165, 1.54) is 12.1 Å². The number of hydrogen-bond acceptors (Lipinski definition) is 3. The van der Waals surface area contributed by atoms with Crippen LogP contribution in [0.4, 0.5) is 4.39 Å². The van der Waals surface area contributed by atoms with Crippen LogP contribution in [0.2, 0.25) is 5.02 Å². The SMILES string of the molecule is CC(NC(C)c1ccc(F)cc1Cl)C(=O)N1CCOCC1. The molecule has 1 aliphatic rings. The van der Waals surface area contributed by atoms with E-state index in [1.807, 2.05) is 13.8 Å². The molecule has 1 saturated heterocycles. The first-order valence-electron chi connectivity index (χ1n) is 7.06. The topological polar surface area (TPSA) is 41.6 Å². The van der Waals surface area contributed by atoms with E-state index in [0.29, 0.717) is 31.3 Å². The Kier molecular flexibility index (Phi) is 5.56. The van der Waals surface area contributed by atoms with E-state index >= 15 is 0 Å². The summed E-state index contributed by atoms with van der Waals surface area (Å²) in [5.74, 6) is -0.322. The number of hydrogen-bond donors (Lipinski definition) is 1. The summed E-state index contributed by atoms with van der Waals surface area (Å²) in [6, 6.07) is 3.82. The van der Waals surface area contributed by atoms with Gasteiger partial charge in [0.2, 0.25) is 5.91 Å². The van der Waals surface area contributed by atoms with Crippen LogP contribution < -0.4 is 5.32 Å². The van der Waals surface area contributed by atoms with E-state index in [2.05, 4.69) is 5.32 Å². The van der Waals surface area contributed by atoms with Crippen molar-refractivity contribution < 1.29 is 13.9 Å². The molecule has 0 radical (unpaired) electrons. The van der Waals surface area contributed by atoms with Gasteiger partial charge in [-0.3, -0.25) is 10.1 Å². The number of amides is 1. The molecule has 0 bridgehead atoms. The quantitative estimate of drug-likeness (QED) is 0.928. The summed E-state index contributed by atoms with van der Waals surface area (Å²) in [6.07, 6.45) is 0. The second-order valence-corrected chi connectivity index (χ2v) is 5.62. The molecule has 116 valence electrons. The van der Waals surface area contributed by atoms with Crippen molar-refractivity contribution in [1.29, 1.82) is 0 Å². The highest BCUT2D eigenvalue weighted by atomic mass is 35.5. The molecule has 1 heterocycles. The van der Waals surface area contributed by atoms with Crippen LogP contribution in [-0.2, 0) is 9.53 Å². The molecule has 0 aromatic heterocycles. The molecule has 2 unspecified atom stereocenters. The molecule has 1 aromatic carbocycles. The average molecular weight is 315 g/mol. The number of ether oxygens (including phenoxy) is 1. The van der Waals surface area contributed by atoms with Gasteiger partial charge in [-0.15, -0.1) is 0 Å². The third-order valence-corrected chi connectivity index (χ3v) is 3.95. The van der Waals surface area contributed by atoms with Crippen LogP contribution >= 0.6 is 11.6 Å². The van der Waals surface area contributed by atoms with Gasteiger partial charge in [-0.25, -0.2) is 4.39 Å². The molecular formula is C15H20ClFN2O2. The van der Waals surface area contributed by atoms with Gasteiger partial charge in [0.05, 0.1) is 19.3 Å². The Balaban J connectivity index is 1.97. The number of nitrogens with one attached hydrogen (secondary N) is 1. The lowest BCUT2D eigenvalue weighted by atomic mass is 10.1. The van der Waals surface area contributed by atoms with Crippen molar-refractivity contribution in [3.63, 3.8) is 0 Å². The number of nitrogens with zero attached hydrogens (tertiary/aromatic N) is 1. The molecule has 0 aliphatic carbocycles. The third-order valence-electron chi connectivity index (χ3n) is 3.62. The highest BCUT2D eigenvalue weighted by molar-refractivity contribution is 6.31. The number of carbonyl (C=O) groups is 1. The molecule has 0 saturated carbocycles. The van der Waals surface area contributed by atoms with Crippen molar-refractivity contribution in [2.75, 3.05) is 26.3 Å². The predicted molar refractivity (Wildman–Crippen MR) is 79.8 cm³/mol. The van der Waals surface area contributed by atoms with Crippen molar-refractivity contribution in [2.24, 2.45) is 0 Å². The van der Waals surface area contributed by atoms with Gasteiger partial charge in [0, 0.05) is 24.2 Å². The predicted octanol–water partition coefficient (Wildman–Crippen LogP) is 2.38. The van der Waals surface area contributed by atoms with Crippen molar-refractivity contribution in [3.8, 4) is 0 Å². The average Bonchev–Trinajstić information content (AvgIpc) is 2.47. The maximum atomic E-state index is 13.1. The summed E-state index contributed by atoms with van der Waals surface area (Å²) in [6.45, 7) is 6.14. The van der Waals surface area contributed by atoms with Gasteiger partial charge in [0.25, 0.3) is 0 Å². The minimum atomic E-state index is -0.367. The summed E-state index contributed by atoms with van der Waals surface area (Å²) >= 11 is 6.04. The molecule has 6 heteroatoms. The standard InChI is InChI=1S/C15H20ClFN2O2/c1-10(13-4-3-12(17)9-14(13)16)18-11(2)15(20)19-5-7-21-8-6-19/h3-4,9-11,18H,5-8H2,1-2H3. The lowest BCUT2D eigenvalue weighted by molar-refractivity contribution is -0.137.